The van der Waals surface area contributed by atoms with Gasteiger partial charge in [0, 0.05) is 15.8 Å². The molecule has 2 aromatic rings. The normalized spacial score (nSPS) is 16.6. The molecule has 19 heavy (non-hydrogen) atoms. The van der Waals surface area contributed by atoms with Gasteiger partial charge >= 0.3 is 0 Å². The molecule has 0 spiro atoms. The lowest BCUT2D eigenvalue weighted by atomic mass is 10.1. The van der Waals surface area contributed by atoms with Gasteiger partial charge < -0.3 is 5.32 Å². The highest BCUT2D eigenvalue weighted by atomic mass is 79.9. The smallest absolute Gasteiger partial charge is 0.138 e. The Labute approximate surface area is 125 Å². The second-order valence-corrected chi connectivity index (χ2v) is 6.90. The summed E-state index contributed by atoms with van der Waals surface area (Å²) < 4.78 is 14.1. The monoisotopic (exact) mass is 339 g/mol. The van der Waals surface area contributed by atoms with Gasteiger partial charge in [-0.3, -0.25) is 0 Å². The second-order valence-electron chi connectivity index (χ2n) is 4.93. The lowest BCUT2D eigenvalue weighted by Crippen LogP contribution is -2.16. The average molecular weight is 340 g/mol. The van der Waals surface area contributed by atoms with Gasteiger partial charge in [-0.1, -0.05) is 6.07 Å². The fraction of sp³-hybridized carbons (Fsp3) is 0.333. The lowest BCUT2D eigenvalue weighted by Gasteiger charge is -2.12. The standard InChI is InChI=1S/C15H15BrFNS/c1-18-15(9-2-3-9)14-7-6-13(19-14)10-4-5-11(16)12(17)8-10/h4-9,15,18H,2-3H2,1H3. The van der Waals surface area contributed by atoms with E-state index in [-0.39, 0.29) is 5.82 Å². The summed E-state index contributed by atoms with van der Waals surface area (Å²) in [7, 11) is 2.02. The molecule has 1 heterocycles. The van der Waals surface area contributed by atoms with Gasteiger partial charge in [0.15, 0.2) is 0 Å². The summed E-state index contributed by atoms with van der Waals surface area (Å²) in [5, 5.41) is 3.39. The van der Waals surface area contributed by atoms with Gasteiger partial charge in [-0.2, -0.15) is 0 Å². The molecule has 1 fully saturated rings. The zero-order valence-electron chi connectivity index (χ0n) is 10.6. The highest BCUT2D eigenvalue weighted by Crippen LogP contribution is 2.44. The fourth-order valence-electron chi connectivity index (χ4n) is 2.36. The molecule has 1 aliphatic rings. The number of benzene rings is 1. The first-order chi connectivity index (χ1) is 9.19. The highest BCUT2D eigenvalue weighted by Gasteiger charge is 2.32. The van der Waals surface area contributed by atoms with E-state index < -0.39 is 0 Å². The van der Waals surface area contributed by atoms with E-state index >= 15 is 0 Å². The maximum atomic E-state index is 13.6. The van der Waals surface area contributed by atoms with Crippen molar-refractivity contribution in [3.8, 4) is 10.4 Å². The van der Waals surface area contributed by atoms with Crippen molar-refractivity contribution in [2.75, 3.05) is 7.05 Å². The van der Waals surface area contributed by atoms with Gasteiger partial charge in [0.1, 0.15) is 5.82 Å². The third-order valence-corrected chi connectivity index (χ3v) is 5.40. The molecule has 3 rings (SSSR count). The van der Waals surface area contributed by atoms with Crippen molar-refractivity contribution in [2.45, 2.75) is 18.9 Å². The SMILES string of the molecule is CNC(c1ccc(-c2ccc(Br)c(F)c2)s1)C1CC1. The maximum Gasteiger partial charge on any atom is 0.138 e. The molecule has 1 aromatic heterocycles. The van der Waals surface area contributed by atoms with E-state index in [9.17, 15) is 4.39 Å². The molecular weight excluding hydrogens is 325 g/mol. The predicted molar refractivity (Wildman–Crippen MR) is 81.9 cm³/mol. The van der Waals surface area contributed by atoms with E-state index in [2.05, 4.69) is 33.4 Å². The summed E-state index contributed by atoms with van der Waals surface area (Å²) in [5.41, 5.74) is 0.947. The van der Waals surface area contributed by atoms with Gasteiger partial charge in [0.2, 0.25) is 0 Å². The Morgan fingerprint density at radius 3 is 2.74 bits per heavy atom. The van der Waals surface area contributed by atoms with E-state index in [0.29, 0.717) is 10.5 Å². The van der Waals surface area contributed by atoms with Gasteiger partial charge in [-0.05, 0) is 71.6 Å². The summed E-state index contributed by atoms with van der Waals surface area (Å²) in [4.78, 5) is 2.48. The first-order valence-corrected chi connectivity index (χ1v) is 8.02. The van der Waals surface area contributed by atoms with E-state index in [0.717, 1.165) is 16.4 Å². The minimum absolute atomic E-state index is 0.209. The van der Waals surface area contributed by atoms with Crippen LogP contribution in [-0.4, -0.2) is 7.05 Å². The number of nitrogens with one attached hydrogen (secondary N) is 1. The third-order valence-electron chi connectivity index (χ3n) is 3.54. The molecule has 1 unspecified atom stereocenters. The summed E-state index contributed by atoms with van der Waals surface area (Å²) in [6, 6.07) is 10.0. The molecule has 1 nitrogen and oxygen atoms in total. The topological polar surface area (TPSA) is 12.0 Å². The molecule has 0 radical (unpaired) electrons. The van der Waals surface area contributed by atoms with Gasteiger partial charge in [0.05, 0.1) is 4.47 Å². The van der Waals surface area contributed by atoms with Crippen LogP contribution in [0.3, 0.4) is 0 Å². The molecule has 0 bridgehead atoms. The Bertz CT molecular complexity index is 592. The van der Waals surface area contributed by atoms with Crippen LogP contribution in [0.2, 0.25) is 0 Å². The Balaban J connectivity index is 1.89. The molecular formula is C15H15BrFNS. The molecule has 100 valence electrons. The molecule has 1 N–H and O–H groups in total. The number of thiophene rings is 1. The van der Waals surface area contributed by atoms with Crippen LogP contribution in [0.25, 0.3) is 10.4 Å². The molecule has 4 heteroatoms. The molecule has 0 aliphatic heterocycles. The van der Waals surface area contributed by atoms with E-state index in [1.54, 1.807) is 23.5 Å². The van der Waals surface area contributed by atoms with Crippen LogP contribution >= 0.6 is 27.3 Å². The summed E-state index contributed by atoms with van der Waals surface area (Å²) >= 11 is 4.94. The van der Waals surface area contributed by atoms with Gasteiger partial charge in [-0.25, -0.2) is 4.39 Å². The Hall–Kier alpha value is -0.710. The number of hydrogen-bond acceptors (Lipinski definition) is 2. The van der Waals surface area contributed by atoms with Crippen molar-refractivity contribution in [1.29, 1.82) is 0 Å². The first-order valence-electron chi connectivity index (χ1n) is 6.41. The first kappa shape index (κ1) is 13.3. The summed E-state index contributed by atoms with van der Waals surface area (Å²) in [6.45, 7) is 0. The third kappa shape index (κ3) is 2.76. The fourth-order valence-corrected chi connectivity index (χ4v) is 3.82. The Kier molecular flexibility index (Phi) is 3.74. The van der Waals surface area contributed by atoms with Crippen molar-refractivity contribution >= 4 is 27.3 Å². The van der Waals surface area contributed by atoms with Crippen molar-refractivity contribution in [2.24, 2.45) is 5.92 Å². The lowest BCUT2D eigenvalue weighted by molar-refractivity contribution is 0.537. The number of halogens is 2. The molecule has 1 aliphatic carbocycles. The van der Waals surface area contributed by atoms with E-state index in [1.807, 2.05) is 13.1 Å². The van der Waals surface area contributed by atoms with Crippen LogP contribution in [0, 0.1) is 11.7 Å². The van der Waals surface area contributed by atoms with Crippen LogP contribution in [-0.2, 0) is 0 Å². The number of rotatable bonds is 4. The molecule has 1 saturated carbocycles. The quantitative estimate of drug-likeness (QED) is 0.827. The van der Waals surface area contributed by atoms with Crippen LogP contribution in [0.1, 0.15) is 23.8 Å². The molecule has 1 aromatic carbocycles. The van der Waals surface area contributed by atoms with Gasteiger partial charge in [0.25, 0.3) is 0 Å². The highest BCUT2D eigenvalue weighted by molar-refractivity contribution is 9.10. The summed E-state index contributed by atoms with van der Waals surface area (Å²) in [6.07, 6.45) is 2.62. The zero-order chi connectivity index (χ0) is 13.4. The second kappa shape index (κ2) is 5.35. The van der Waals surface area contributed by atoms with Gasteiger partial charge in [-0.15, -0.1) is 11.3 Å². The molecule has 1 atom stereocenters. The number of hydrogen-bond donors (Lipinski definition) is 1. The minimum Gasteiger partial charge on any atom is -0.312 e. The van der Waals surface area contributed by atoms with E-state index in [1.165, 1.54) is 17.7 Å². The maximum absolute atomic E-state index is 13.6. The minimum atomic E-state index is -0.209. The molecule has 0 amide bonds. The van der Waals surface area contributed by atoms with Crippen molar-refractivity contribution < 1.29 is 4.39 Å². The Morgan fingerprint density at radius 1 is 1.32 bits per heavy atom. The van der Waals surface area contributed by atoms with E-state index in [4.69, 9.17) is 0 Å². The van der Waals surface area contributed by atoms with Crippen LogP contribution in [0.5, 0.6) is 0 Å². The van der Waals surface area contributed by atoms with Crippen molar-refractivity contribution in [3.63, 3.8) is 0 Å². The van der Waals surface area contributed by atoms with Crippen LogP contribution in [0.15, 0.2) is 34.8 Å². The largest absolute Gasteiger partial charge is 0.312 e. The van der Waals surface area contributed by atoms with Crippen LogP contribution in [0.4, 0.5) is 4.39 Å². The summed E-state index contributed by atoms with van der Waals surface area (Å²) in [5.74, 6) is 0.568. The van der Waals surface area contributed by atoms with Crippen molar-refractivity contribution in [1.82, 2.24) is 5.32 Å². The molecule has 0 saturated heterocycles. The average Bonchev–Trinajstić information content (AvgIpc) is 3.11. The van der Waals surface area contributed by atoms with Crippen LogP contribution < -0.4 is 5.32 Å². The Morgan fingerprint density at radius 2 is 2.11 bits per heavy atom. The predicted octanol–water partition coefficient (Wildman–Crippen LogP) is 4.99. The zero-order valence-corrected chi connectivity index (χ0v) is 13.0. The van der Waals surface area contributed by atoms with Crippen molar-refractivity contribution in [3.05, 3.63) is 45.5 Å².